The summed E-state index contributed by atoms with van der Waals surface area (Å²) in [5, 5.41) is 8.56. The molecule has 9 heteroatoms. The maximum absolute atomic E-state index is 12.6. The van der Waals surface area contributed by atoms with Crippen molar-refractivity contribution < 1.29 is 28.6 Å². The third-order valence-electron chi connectivity index (χ3n) is 4.22. The third-order valence-corrected chi connectivity index (χ3v) is 4.22. The van der Waals surface area contributed by atoms with Crippen LogP contribution in [0.15, 0.2) is 35.4 Å². The summed E-state index contributed by atoms with van der Waals surface area (Å²) in [5.41, 5.74) is 0.173. The van der Waals surface area contributed by atoms with E-state index in [-0.39, 0.29) is 5.71 Å². The predicted octanol–water partition coefficient (Wildman–Crippen LogP) is 2.11. The number of nitrogens with one attached hydrogen (secondary N) is 1. The van der Waals surface area contributed by atoms with E-state index >= 15 is 0 Å². The summed E-state index contributed by atoms with van der Waals surface area (Å²) in [4.78, 5) is 37.3. The number of ether oxygens (including phenoxy) is 3. The average Bonchev–Trinajstić information content (AvgIpc) is 3.06. The molecule has 1 aromatic rings. The standard InChI is InChI=1S/C20H27N3O6/c1-12(21-19(26)29-20(2,3)4)15-14(17(24)27-5)16(18(25)28-6)23(22-15)13-10-8-7-9-11-13/h7-12,14,16H,1-6H3,(H,21,26)/t12-,14+,16+/m0/s1. The fraction of sp³-hybridized carbons (Fsp3) is 0.500. The summed E-state index contributed by atoms with van der Waals surface area (Å²) in [6, 6.07) is 7.13. The minimum atomic E-state index is -1.06. The monoisotopic (exact) mass is 405 g/mol. The van der Waals surface area contributed by atoms with E-state index < -0.39 is 41.6 Å². The Morgan fingerprint density at radius 3 is 2.17 bits per heavy atom. The van der Waals surface area contributed by atoms with E-state index in [0.29, 0.717) is 5.69 Å². The zero-order chi connectivity index (χ0) is 21.8. The quantitative estimate of drug-likeness (QED) is 0.591. The minimum absolute atomic E-state index is 0.266. The summed E-state index contributed by atoms with van der Waals surface area (Å²) in [6.07, 6.45) is -0.663. The number of esters is 2. The number of alkyl carbamates (subject to hydrolysis) is 1. The molecule has 0 bridgehead atoms. The highest BCUT2D eigenvalue weighted by molar-refractivity contribution is 6.12. The lowest BCUT2D eigenvalue weighted by Gasteiger charge is -2.25. The van der Waals surface area contributed by atoms with Gasteiger partial charge in [0.15, 0.2) is 6.04 Å². The number of methoxy groups -OCH3 is 2. The molecule has 1 N–H and O–H groups in total. The van der Waals surface area contributed by atoms with Crippen LogP contribution in [0.2, 0.25) is 0 Å². The first-order valence-corrected chi connectivity index (χ1v) is 9.17. The molecule has 158 valence electrons. The first kappa shape index (κ1) is 22.2. The molecule has 1 aliphatic rings. The Kier molecular flexibility index (Phi) is 6.84. The van der Waals surface area contributed by atoms with E-state index in [1.807, 2.05) is 6.07 Å². The van der Waals surface area contributed by atoms with Gasteiger partial charge in [-0.15, -0.1) is 0 Å². The average molecular weight is 405 g/mol. The molecule has 0 fully saturated rings. The van der Waals surface area contributed by atoms with Crippen molar-refractivity contribution in [1.82, 2.24) is 5.32 Å². The highest BCUT2D eigenvalue weighted by atomic mass is 16.6. The fourth-order valence-electron chi connectivity index (χ4n) is 3.00. The lowest BCUT2D eigenvalue weighted by Crippen LogP contribution is -2.49. The largest absolute Gasteiger partial charge is 0.468 e. The molecule has 0 radical (unpaired) electrons. The summed E-state index contributed by atoms with van der Waals surface area (Å²) in [5.74, 6) is -2.36. The van der Waals surface area contributed by atoms with E-state index in [9.17, 15) is 14.4 Å². The van der Waals surface area contributed by atoms with Gasteiger partial charge in [0.1, 0.15) is 11.5 Å². The van der Waals surface area contributed by atoms with Crippen LogP contribution in [-0.4, -0.2) is 55.6 Å². The normalized spacial score (nSPS) is 19.8. The van der Waals surface area contributed by atoms with Gasteiger partial charge in [0.25, 0.3) is 0 Å². The zero-order valence-electron chi connectivity index (χ0n) is 17.5. The number of carbonyl (C=O) groups is 3. The molecule has 3 atom stereocenters. The second-order valence-corrected chi connectivity index (χ2v) is 7.54. The number of hydrazone groups is 1. The molecule has 0 aromatic heterocycles. The van der Waals surface area contributed by atoms with Crippen LogP contribution < -0.4 is 10.3 Å². The second-order valence-electron chi connectivity index (χ2n) is 7.54. The van der Waals surface area contributed by atoms with Gasteiger partial charge in [0, 0.05) is 0 Å². The number of rotatable bonds is 5. The Bertz CT molecular complexity index is 787. The molecule has 0 saturated heterocycles. The minimum Gasteiger partial charge on any atom is -0.468 e. The van der Waals surface area contributed by atoms with Crippen molar-refractivity contribution in [3.05, 3.63) is 30.3 Å². The van der Waals surface area contributed by atoms with Crippen LogP contribution in [0.25, 0.3) is 0 Å². The van der Waals surface area contributed by atoms with E-state index in [2.05, 4.69) is 10.4 Å². The Labute approximate surface area is 170 Å². The van der Waals surface area contributed by atoms with Crippen LogP contribution in [0.5, 0.6) is 0 Å². The van der Waals surface area contributed by atoms with Gasteiger partial charge >= 0.3 is 18.0 Å². The van der Waals surface area contributed by atoms with Crippen LogP contribution in [0, 0.1) is 5.92 Å². The van der Waals surface area contributed by atoms with Crippen molar-refractivity contribution >= 4 is 29.4 Å². The van der Waals surface area contributed by atoms with Crippen molar-refractivity contribution in [2.75, 3.05) is 19.2 Å². The summed E-state index contributed by atoms with van der Waals surface area (Å²) in [6.45, 7) is 6.88. The highest BCUT2D eigenvalue weighted by Gasteiger charge is 2.50. The van der Waals surface area contributed by atoms with Gasteiger partial charge < -0.3 is 19.5 Å². The maximum Gasteiger partial charge on any atom is 0.408 e. The van der Waals surface area contributed by atoms with Gasteiger partial charge in [-0.05, 0) is 39.8 Å². The number of nitrogens with zero attached hydrogens (tertiary/aromatic N) is 2. The SMILES string of the molecule is COC(=O)[C@@H]1C([C@H](C)NC(=O)OC(C)(C)C)=NN(c2ccccc2)[C@H]1C(=O)OC. The van der Waals surface area contributed by atoms with Crippen LogP contribution in [0.1, 0.15) is 27.7 Å². The molecule has 1 aliphatic heterocycles. The Morgan fingerprint density at radius 1 is 1.07 bits per heavy atom. The number of benzene rings is 1. The van der Waals surface area contributed by atoms with Crippen LogP contribution >= 0.6 is 0 Å². The van der Waals surface area contributed by atoms with E-state index in [1.165, 1.54) is 19.2 Å². The van der Waals surface area contributed by atoms with Crippen LogP contribution in [0.4, 0.5) is 10.5 Å². The predicted molar refractivity (Wildman–Crippen MR) is 106 cm³/mol. The first-order valence-electron chi connectivity index (χ1n) is 9.17. The molecule has 1 amide bonds. The molecule has 1 aromatic carbocycles. The topological polar surface area (TPSA) is 107 Å². The lowest BCUT2D eigenvalue weighted by atomic mass is 9.91. The molecule has 2 rings (SSSR count). The maximum atomic E-state index is 12.6. The second kappa shape index (κ2) is 8.93. The van der Waals surface area contributed by atoms with Gasteiger partial charge in [-0.25, -0.2) is 14.6 Å². The Balaban J connectivity index is 2.41. The molecular formula is C20H27N3O6. The molecular weight excluding hydrogens is 378 g/mol. The van der Waals surface area contributed by atoms with Crippen LogP contribution in [-0.2, 0) is 23.8 Å². The van der Waals surface area contributed by atoms with Crippen molar-refractivity contribution in [1.29, 1.82) is 0 Å². The number of amides is 1. The fourth-order valence-corrected chi connectivity index (χ4v) is 3.00. The number of anilines is 1. The van der Waals surface area contributed by atoms with Crippen molar-refractivity contribution in [2.24, 2.45) is 11.0 Å². The van der Waals surface area contributed by atoms with Crippen LogP contribution in [0.3, 0.4) is 0 Å². The summed E-state index contributed by atoms with van der Waals surface area (Å²) < 4.78 is 15.1. The zero-order valence-corrected chi connectivity index (χ0v) is 17.5. The molecule has 1 heterocycles. The highest BCUT2D eigenvalue weighted by Crippen LogP contribution is 2.31. The van der Waals surface area contributed by atoms with E-state index in [4.69, 9.17) is 14.2 Å². The smallest absolute Gasteiger partial charge is 0.408 e. The van der Waals surface area contributed by atoms with Gasteiger partial charge in [0.05, 0.1) is 31.7 Å². The van der Waals surface area contributed by atoms with Gasteiger partial charge in [-0.3, -0.25) is 4.79 Å². The molecule has 0 spiro atoms. The first-order chi connectivity index (χ1) is 13.6. The Hall–Kier alpha value is -3.10. The number of hydrogen-bond acceptors (Lipinski definition) is 8. The molecule has 29 heavy (non-hydrogen) atoms. The molecule has 0 aliphatic carbocycles. The van der Waals surface area contributed by atoms with Gasteiger partial charge in [0.2, 0.25) is 0 Å². The summed E-state index contributed by atoms with van der Waals surface area (Å²) in [7, 11) is 2.46. The Morgan fingerprint density at radius 2 is 1.66 bits per heavy atom. The van der Waals surface area contributed by atoms with E-state index in [0.717, 1.165) is 0 Å². The van der Waals surface area contributed by atoms with E-state index in [1.54, 1.807) is 52.0 Å². The molecule has 0 saturated carbocycles. The lowest BCUT2D eigenvalue weighted by molar-refractivity contribution is -0.150. The van der Waals surface area contributed by atoms with Gasteiger partial charge in [-0.2, -0.15) is 5.10 Å². The molecule has 0 unspecified atom stereocenters. The van der Waals surface area contributed by atoms with Crippen molar-refractivity contribution in [2.45, 2.75) is 45.4 Å². The van der Waals surface area contributed by atoms with Crippen molar-refractivity contribution in [3.8, 4) is 0 Å². The number of para-hydroxylation sites is 1. The number of hydrogen-bond donors (Lipinski definition) is 1. The summed E-state index contributed by atoms with van der Waals surface area (Å²) >= 11 is 0. The van der Waals surface area contributed by atoms with Crippen molar-refractivity contribution in [3.63, 3.8) is 0 Å². The molecule has 9 nitrogen and oxygen atoms in total. The van der Waals surface area contributed by atoms with Gasteiger partial charge in [-0.1, -0.05) is 18.2 Å². The number of carbonyl (C=O) groups excluding carboxylic acids is 3. The third kappa shape index (κ3) is 5.24.